The van der Waals surface area contributed by atoms with Crippen molar-refractivity contribution in [2.24, 2.45) is 10.8 Å². The van der Waals surface area contributed by atoms with Crippen molar-refractivity contribution in [1.82, 2.24) is 0 Å². The van der Waals surface area contributed by atoms with Crippen LogP contribution in [0.4, 0.5) is 0 Å². The molecule has 4 atom stereocenters. The van der Waals surface area contributed by atoms with Crippen LogP contribution in [0.25, 0.3) is 0 Å². The first-order chi connectivity index (χ1) is 53.0. The van der Waals surface area contributed by atoms with E-state index in [0.29, 0.717) is 158 Å². The Balaban J connectivity index is 3.40. The van der Waals surface area contributed by atoms with E-state index in [1.807, 2.05) is 0 Å². The molecule has 0 aromatic carbocycles. The molecule has 36 nitrogen and oxygen atoms in total. The third-order valence-corrected chi connectivity index (χ3v) is 20.2. The number of phosphoric ester groups is 4. The van der Waals surface area contributed by atoms with E-state index in [-0.39, 0.29) is 169 Å². The largest absolute Gasteiger partial charge is 0.756 e. The van der Waals surface area contributed by atoms with E-state index < -0.39 is 31.3 Å². The summed E-state index contributed by atoms with van der Waals surface area (Å²) >= 11 is 0. The number of rotatable bonds is 93. The maximum atomic E-state index is 12.1. The third-order valence-electron chi connectivity index (χ3n) is 13.6. The highest BCUT2D eigenvalue weighted by Crippen LogP contribution is 2.40. The van der Waals surface area contributed by atoms with Crippen LogP contribution >= 0.6 is 52.9 Å². The summed E-state index contributed by atoms with van der Waals surface area (Å²) < 4.78 is 195. The van der Waals surface area contributed by atoms with Gasteiger partial charge in [0.05, 0.1) is 304 Å². The molecule has 0 saturated carbocycles. The van der Waals surface area contributed by atoms with Crippen LogP contribution < -0.4 is 19.6 Å². The van der Waals surface area contributed by atoms with Gasteiger partial charge in [-0.2, -0.15) is 0 Å². The normalized spacial score (nSPS) is 14.5. The number of phosphoric acid groups is 4. The second-order valence-corrected chi connectivity index (χ2v) is 34.1. The van der Waals surface area contributed by atoms with Crippen molar-refractivity contribution >= 4 is 52.9 Å². The van der Waals surface area contributed by atoms with Gasteiger partial charge in [0.25, 0.3) is 31.3 Å². The zero-order valence-corrected chi connectivity index (χ0v) is 71.9. The standard InChI is InChI=1S/C68H142O36P4S2/c1-67(2,3)15-19-77-21-23-79-25-27-81-29-35-87-43-49-93-55-61-101-107(73,74)103-63-57-95-51-45-89-39-33-83-31-37-85-41-47-91-53-59-99-105(69,70)97-17-11-7-9-13-65-109-110-66-14-10-8-12-18-98-106(71,72)100-60-54-92-48-42-86-38-32-84-34-40-90-46-52-96-58-64-104-108(75,76)102-62-56-94-50-44-88-36-30-82-28-26-80-24-22-78-20-16-68(4,5)6/h7-66H2,1-6H3,(H,69,70)(H,71,72)(H,73,74)(H,75,76)/p-4. The molecule has 0 aromatic heterocycles. The minimum absolute atomic E-state index is 0.0259. The molecule has 42 heteroatoms. The number of hydrogen-bond acceptors (Lipinski definition) is 38. The van der Waals surface area contributed by atoms with E-state index in [9.17, 15) is 37.8 Å². The second kappa shape index (κ2) is 80.4. The van der Waals surface area contributed by atoms with E-state index in [4.69, 9.17) is 131 Å². The number of ether oxygens (including phenoxy) is 20. The van der Waals surface area contributed by atoms with E-state index in [2.05, 4.69) is 41.5 Å². The summed E-state index contributed by atoms with van der Waals surface area (Å²) in [5.41, 5.74) is 0.515. The van der Waals surface area contributed by atoms with Crippen LogP contribution in [0.1, 0.15) is 106 Å². The molecule has 110 heavy (non-hydrogen) atoms. The summed E-state index contributed by atoms with van der Waals surface area (Å²) in [4.78, 5) is 48.0. The average Bonchev–Trinajstić information content (AvgIpc) is 0.955. The summed E-state index contributed by atoms with van der Waals surface area (Å²) in [7, 11) is -14.3. The lowest BCUT2D eigenvalue weighted by Crippen LogP contribution is -2.17. The van der Waals surface area contributed by atoms with Crippen molar-refractivity contribution in [3.8, 4) is 0 Å². The molecule has 0 amide bonds. The fraction of sp³-hybridized carbons (Fsp3) is 1.00. The Morgan fingerprint density at radius 1 is 0.182 bits per heavy atom. The molecular weight excluding hydrogens is 1580 g/mol. The average molecular weight is 1720 g/mol. The van der Waals surface area contributed by atoms with Crippen LogP contribution in [0.2, 0.25) is 0 Å². The van der Waals surface area contributed by atoms with E-state index in [0.717, 1.165) is 76.1 Å². The van der Waals surface area contributed by atoms with Crippen molar-refractivity contribution in [3.05, 3.63) is 0 Å². The van der Waals surface area contributed by atoms with Gasteiger partial charge in [0.2, 0.25) is 0 Å². The van der Waals surface area contributed by atoms with Crippen molar-refractivity contribution in [2.45, 2.75) is 106 Å². The number of hydrogen-bond donors (Lipinski definition) is 0. The first-order valence-electron chi connectivity index (χ1n) is 38.2. The SMILES string of the molecule is CC(C)(C)CCOCCOCCOCCOCCOCCOP(=O)([O-])OCCOCCOCCOCCOCCOCCOP(=O)([O-])OCCCCCCSSCCCCCCOP(=O)([O-])OCCOCCOCCOCCOCCOCCOP(=O)([O-])OCCOCCOCCOCCOCCOCCC(C)(C)C. The Labute approximate surface area is 663 Å². The highest BCUT2D eigenvalue weighted by Gasteiger charge is 2.15. The predicted molar refractivity (Wildman–Crippen MR) is 404 cm³/mol. The highest BCUT2D eigenvalue weighted by atomic mass is 33.1. The zero-order valence-electron chi connectivity index (χ0n) is 66.7. The van der Waals surface area contributed by atoms with Gasteiger partial charge in [0, 0.05) is 24.7 Å². The van der Waals surface area contributed by atoms with Crippen LogP contribution in [0.3, 0.4) is 0 Å². The summed E-state index contributed by atoms with van der Waals surface area (Å²) in [5.74, 6) is 1.95. The first-order valence-corrected chi connectivity index (χ1v) is 46.6. The second-order valence-electron chi connectivity index (χ2n) is 25.8. The predicted octanol–water partition coefficient (Wildman–Crippen LogP) is 6.70. The van der Waals surface area contributed by atoms with Gasteiger partial charge in [0.1, 0.15) is 0 Å². The molecule has 0 aliphatic heterocycles. The lowest BCUT2D eigenvalue weighted by molar-refractivity contribution is -0.228. The van der Waals surface area contributed by atoms with Gasteiger partial charge in [-0.05, 0) is 49.4 Å². The van der Waals surface area contributed by atoms with Crippen LogP contribution in [0.5, 0.6) is 0 Å². The van der Waals surface area contributed by atoms with Gasteiger partial charge in [-0.1, -0.05) is 88.8 Å². The van der Waals surface area contributed by atoms with Crippen LogP contribution in [-0.4, -0.2) is 329 Å². The number of unbranched alkanes of at least 4 members (excludes halogenated alkanes) is 6. The molecule has 0 aliphatic carbocycles. The van der Waals surface area contributed by atoms with Crippen molar-refractivity contribution < 1.29 is 169 Å². The third kappa shape index (κ3) is 93.8. The summed E-state index contributed by atoms with van der Waals surface area (Å²) in [6, 6.07) is 0. The van der Waals surface area contributed by atoms with Crippen molar-refractivity contribution in [3.63, 3.8) is 0 Å². The van der Waals surface area contributed by atoms with E-state index in [1.54, 1.807) is 21.6 Å². The smallest absolute Gasteiger partial charge is 0.268 e. The molecule has 0 spiro atoms. The molecule has 0 bridgehead atoms. The van der Waals surface area contributed by atoms with E-state index in [1.165, 1.54) is 0 Å². The lowest BCUT2D eigenvalue weighted by atomic mass is 9.93. The Morgan fingerprint density at radius 2 is 0.309 bits per heavy atom. The molecule has 0 saturated heterocycles. The fourth-order valence-electron chi connectivity index (χ4n) is 7.78. The highest BCUT2D eigenvalue weighted by molar-refractivity contribution is 8.76. The molecule has 0 rings (SSSR count). The van der Waals surface area contributed by atoms with Gasteiger partial charge in [-0.25, -0.2) is 0 Å². The van der Waals surface area contributed by atoms with Crippen LogP contribution in [0, 0.1) is 10.8 Å². The molecule has 4 unspecified atom stereocenters. The Hall–Kier alpha value is 0.340. The molecule has 0 fully saturated rings. The van der Waals surface area contributed by atoms with Gasteiger partial charge < -0.3 is 151 Å². The molecule has 0 aromatic rings. The minimum atomic E-state index is -4.50. The van der Waals surface area contributed by atoms with E-state index >= 15 is 0 Å². The summed E-state index contributed by atoms with van der Waals surface area (Å²) in [6.45, 7) is 25.2. The van der Waals surface area contributed by atoms with Crippen molar-refractivity contribution in [2.75, 3.05) is 329 Å². The van der Waals surface area contributed by atoms with Gasteiger partial charge in [-0.3, -0.25) is 18.3 Å². The van der Waals surface area contributed by atoms with Gasteiger partial charge in [-0.15, -0.1) is 0 Å². The van der Waals surface area contributed by atoms with Gasteiger partial charge >= 0.3 is 0 Å². The molecule has 0 aliphatic rings. The quantitative estimate of drug-likeness (QED) is 0.0347. The first kappa shape index (κ1) is 110. The monoisotopic (exact) mass is 1720 g/mol. The molecular formula is C68H138O36P4S2-4. The molecule has 0 radical (unpaired) electrons. The Morgan fingerprint density at radius 3 is 0.464 bits per heavy atom. The maximum Gasteiger partial charge on any atom is 0.268 e. The lowest BCUT2D eigenvalue weighted by Gasteiger charge is -2.22. The zero-order chi connectivity index (χ0) is 80.6. The van der Waals surface area contributed by atoms with Crippen molar-refractivity contribution in [1.29, 1.82) is 0 Å². The van der Waals surface area contributed by atoms with Gasteiger partial charge in [0.15, 0.2) is 0 Å². The maximum absolute atomic E-state index is 12.1. The summed E-state index contributed by atoms with van der Waals surface area (Å²) in [5, 5.41) is 0. The topological polar surface area (TPSA) is 419 Å². The Kier molecular flexibility index (Phi) is 80.7. The minimum Gasteiger partial charge on any atom is -0.756 e. The fourth-order valence-corrected chi connectivity index (χ4v) is 12.9. The Bertz CT molecular complexity index is 1980. The molecule has 662 valence electrons. The molecule has 0 heterocycles. The summed E-state index contributed by atoms with van der Waals surface area (Å²) in [6.07, 6.45) is 8.72. The van der Waals surface area contributed by atoms with Crippen LogP contribution in [-0.2, 0) is 149 Å². The van der Waals surface area contributed by atoms with Crippen LogP contribution in [0.15, 0.2) is 0 Å². The molecule has 0 N–H and O–H groups in total.